The van der Waals surface area contributed by atoms with Crippen LogP contribution in [-0.4, -0.2) is 20.2 Å². The highest BCUT2D eigenvalue weighted by molar-refractivity contribution is 7.93. The molecule has 1 aromatic rings. The molecule has 0 aliphatic heterocycles. The first-order valence-corrected chi connectivity index (χ1v) is 7.24. The summed E-state index contributed by atoms with van der Waals surface area (Å²) in [6.07, 6.45) is 0.268. The van der Waals surface area contributed by atoms with Gasteiger partial charge in [-0.05, 0) is 37.6 Å². The molecule has 0 fully saturated rings. The fourth-order valence-electron chi connectivity index (χ4n) is 1.67. The average molecular weight is 267 g/mol. The van der Waals surface area contributed by atoms with Crippen molar-refractivity contribution in [2.45, 2.75) is 25.5 Å². The van der Waals surface area contributed by atoms with Gasteiger partial charge in [-0.2, -0.15) is 5.26 Å². The predicted molar refractivity (Wildman–Crippen MR) is 72.5 cm³/mol. The van der Waals surface area contributed by atoms with E-state index in [1.54, 1.807) is 38.1 Å². The Labute approximate surface area is 108 Å². The lowest BCUT2D eigenvalue weighted by molar-refractivity contribution is 0.583. The minimum Gasteiger partial charge on any atom is -0.399 e. The Balaban J connectivity index is 3.18. The van der Waals surface area contributed by atoms with E-state index in [2.05, 4.69) is 0 Å². The molecule has 1 unspecified atom stereocenters. The van der Waals surface area contributed by atoms with Gasteiger partial charge in [-0.25, -0.2) is 8.42 Å². The highest BCUT2D eigenvalue weighted by Crippen LogP contribution is 2.22. The molecule has 1 rings (SSSR count). The lowest BCUT2D eigenvalue weighted by Crippen LogP contribution is -2.38. The number of sulfonamides is 1. The zero-order valence-electron chi connectivity index (χ0n) is 10.5. The molecule has 0 saturated carbocycles. The van der Waals surface area contributed by atoms with Gasteiger partial charge in [-0.1, -0.05) is 6.92 Å². The molecule has 98 valence electrons. The van der Waals surface area contributed by atoms with Crippen molar-refractivity contribution in [1.29, 1.82) is 5.26 Å². The van der Waals surface area contributed by atoms with Crippen molar-refractivity contribution in [3.05, 3.63) is 24.3 Å². The number of nitriles is 1. The fraction of sp³-hybridized carbons (Fsp3) is 0.417. The summed E-state index contributed by atoms with van der Waals surface area (Å²) in [6, 6.07) is 8.39. The Morgan fingerprint density at radius 1 is 1.33 bits per heavy atom. The Kier molecular flexibility index (Phi) is 4.56. The van der Waals surface area contributed by atoms with E-state index in [-0.39, 0.29) is 13.0 Å². The van der Waals surface area contributed by atoms with Crippen LogP contribution in [0, 0.1) is 11.3 Å². The lowest BCUT2D eigenvalue weighted by Gasteiger charge is -2.25. The quantitative estimate of drug-likeness (QED) is 0.823. The van der Waals surface area contributed by atoms with Crippen LogP contribution in [-0.2, 0) is 10.0 Å². The van der Waals surface area contributed by atoms with Crippen molar-refractivity contribution in [3.8, 4) is 6.07 Å². The van der Waals surface area contributed by atoms with Crippen molar-refractivity contribution in [1.82, 2.24) is 0 Å². The van der Waals surface area contributed by atoms with E-state index >= 15 is 0 Å². The van der Waals surface area contributed by atoms with Crippen molar-refractivity contribution in [2.24, 2.45) is 0 Å². The molecule has 0 saturated heterocycles. The van der Waals surface area contributed by atoms with E-state index in [0.29, 0.717) is 11.4 Å². The largest absolute Gasteiger partial charge is 0.399 e. The van der Waals surface area contributed by atoms with Gasteiger partial charge in [0.1, 0.15) is 0 Å². The summed E-state index contributed by atoms with van der Waals surface area (Å²) >= 11 is 0. The third-order valence-electron chi connectivity index (χ3n) is 2.65. The summed E-state index contributed by atoms with van der Waals surface area (Å²) in [7, 11) is -3.65. The molecule has 0 radical (unpaired) electrons. The summed E-state index contributed by atoms with van der Waals surface area (Å²) in [6.45, 7) is 3.70. The highest BCUT2D eigenvalue weighted by Gasteiger charge is 2.30. The van der Waals surface area contributed by atoms with Crippen molar-refractivity contribution in [3.63, 3.8) is 0 Å². The van der Waals surface area contributed by atoms with Gasteiger partial charge in [0, 0.05) is 12.2 Å². The van der Waals surface area contributed by atoms with Crippen LogP contribution in [0.2, 0.25) is 0 Å². The van der Waals surface area contributed by atoms with Gasteiger partial charge in [0.2, 0.25) is 0 Å². The molecule has 18 heavy (non-hydrogen) atoms. The topological polar surface area (TPSA) is 87.2 Å². The molecule has 0 amide bonds. The van der Waals surface area contributed by atoms with Crippen LogP contribution < -0.4 is 10.0 Å². The van der Waals surface area contributed by atoms with Crippen LogP contribution >= 0.6 is 0 Å². The van der Waals surface area contributed by atoms with Gasteiger partial charge in [-0.15, -0.1) is 0 Å². The summed E-state index contributed by atoms with van der Waals surface area (Å²) in [4.78, 5) is 0. The number of nitrogen functional groups attached to an aromatic ring is 1. The van der Waals surface area contributed by atoms with Crippen LogP contribution in [0.3, 0.4) is 0 Å². The van der Waals surface area contributed by atoms with Crippen molar-refractivity contribution >= 4 is 21.4 Å². The Morgan fingerprint density at radius 3 is 2.28 bits per heavy atom. The SMILES string of the molecule is CCC(C#N)S(=O)(=O)N(CC)c1ccc(N)cc1. The number of hydrogen-bond acceptors (Lipinski definition) is 4. The van der Waals surface area contributed by atoms with Gasteiger partial charge in [0.05, 0.1) is 11.8 Å². The first kappa shape index (κ1) is 14.3. The molecule has 0 heterocycles. The van der Waals surface area contributed by atoms with Gasteiger partial charge in [0.25, 0.3) is 10.0 Å². The van der Waals surface area contributed by atoms with Crippen molar-refractivity contribution < 1.29 is 8.42 Å². The fourth-order valence-corrected chi connectivity index (χ4v) is 3.31. The number of nitrogens with two attached hydrogens (primary N) is 1. The Bertz CT molecular complexity index is 531. The zero-order chi connectivity index (χ0) is 13.8. The minimum absolute atomic E-state index is 0.268. The third-order valence-corrected chi connectivity index (χ3v) is 4.89. The Hall–Kier alpha value is -1.74. The molecule has 6 heteroatoms. The van der Waals surface area contributed by atoms with Gasteiger partial charge < -0.3 is 5.73 Å². The van der Waals surface area contributed by atoms with E-state index < -0.39 is 15.3 Å². The summed E-state index contributed by atoms with van der Waals surface area (Å²) in [5, 5.41) is 7.90. The minimum atomic E-state index is -3.65. The lowest BCUT2D eigenvalue weighted by atomic mass is 10.3. The maximum atomic E-state index is 12.3. The molecule has 1 aromatic carbocycles. The maximum Gasteiger partial charge on any atom is 0.251 e. The van der Waals surface area contributed by atoms with Gasteiger partial charge >= 0.3 is 0 Å². The molecular weight excluding hydrogens is 250 g/mol. The number of rotatable bonds is 5. The smallest absolute Gasteiger partial charge is 0.251 e. The molecule has 0 aliphatic rings. The second-order valence-electron chi connectivity index (χ2n) is 3.83. The standard InChI is InChI=1S/C12H17N3O2S/c1-3-12(9-13)18(16,17)15(4-2)11-7-5-10(14)6-8-11/h5-8,12H,3-4,14H2,1-2H3. The summed E-state index contributed by atoms with van der Waals surface area (Å²) in [5.74, 6) is 0. The zero-order valence-corrected chi connectivity index (χ0v) is 11.3. The maximum absolute atomic E-state index is 12.3. The number of benzene rings is 1. The highest BCUT2D eigenvalue weighted by atomic mass is 32.2. The molecule has 2 N–H and O–H groups in total. The van der Waals surface area contributed by atoms with Gasteiger partial charge in [-0.3, -0.25) is 4.31 Å². The predicted octanol–water partition coefficient (Wildman–Crippen LogP) is 1.73. The second kappa shape index (κ2) is 5.74. The van der Waals surface area contributed by atoms with E-state index in [0.717, 1.165) is 0 Å². The Morgan fingerprint density at radius 2 is 1.89 bits per heavy atom. The first-order valence-electron chi connectivity index (χ1n) is 5.74. The van der Waals surface area contributed by atoms with E-state index in [4.69, 9.17) is 11.0 Å². The number of hydrogen-bond donors (Lipinski definition) is 1. The normalized spacial score (nSPS) is 12.7. The monoisotopic (exact) mass is 267 g/mol. The van der Waals surface area contributed by atoms with Crippen LogP contribution in [0.4, 0.5) is 11.4 Å². The molecule has 0 bridgehead atoms. The molecular formula is C12H17N3O2S. The molecule has 1 atom stereocenters. The van der Waals surface area contributed by atoms with Crippen molar-refractivity contribution in [2.75, 3.05) is 16.6 Å². The van der Waals surface area contributed by atoms with E-state index in [1.807, 2.05) is 6.07 Å². The summed E-state index contributed by atoms with van der Waals surface area (Å²) in [5.41, 5.74) is 6.67. The third kappa shape index (κ3) is 2.74. The van der Waals surface area contributed by atoms with Gasteiger partial charge in [0.15, 0.2) is 5.25 Å². The molecule has 0 aromatic heterocycles. The van der Waals surface area contributed by atoms with Crippen LogP contribution in [0.5, 0.6) is 0 Å². The van der Waals surface area contributed by atoms with Crippen LogP contribution in [0.15, 0.2) is 24.3 Å². The van der Waals surface area contributed by atoms with E-state index in [9.17, 15) is 8.42 Å². The van der Waals surface area contributed by atoms with Crippen LogP contribution in [0.25, 0.3) is 0 Å². The number of nitrogens with zero attached hydrogens (tertiary/aromatic N) is 2. The van der Waals surface area contributed by atoms with E-state index in [1.165, 1.54) is 4.31 Å². The average Bonchev–Trinajstić information content (AvgIpc) is 2.33. The molecule has 0 aliphatic carbocycles. The van der Waals surface area contributed by atoms with Crippen LogP contribution in [0.1, 0.15) is 20.3 Å². The molecule has 0 spiro atoms. The second-order valence-corrected chi connectivity index (χ2v) is 5.87. The number of anilines is 2. The summed E-state index contributed by atoms with van der Waals surface area (Å²) < 4.78 is 25.8. The molecule has 5 nitrogen and oxygen atoms in total. The first-order chi connectivity index (χ1) is 8.47.